The molecule has 0 aliphatic heterocycles. The van der Waals surface area contributed by atoms with Crippen LogP contribution in [0.1, 0.15) is 10.4 Å². The van der Waals surface area contributed by atoms with E-state index < -0.39 is 16.0 Å². The van der Waals surface area contributed by atoms with Gasteiger partial charge in [-0.2, -0.15) is 0 Å². The van der Waals surface area contributed by atoms with Crippen LogP contribution in [0.2, 0.25) is 5.02 Å². The third-order valence-corrected chi connectivity index (χ3v) is 6.68. The Morgan fingerprint density at radius 3 is 2.52 bits per heavy atom. The molecule has 10 heteroatoms. The summed E-state index contributed by atoms with van der Waals surface area (Å²) < 4.78 is 26.9. The smallest absolute Gasteiger partial charge is 0.337 e. The maximum absolute atomic E-state index is 12.2. The van der Waals surface area contributed by atoms with Crippen LogP contribution in [0.25, 0.3) is 0 Å². The summed E-state index contributed by atoms with van der Waals surface area (Å²) in [5, 5.41) is 18.6. The van der Waals surface area contributed by atoms with E-state index in [0.717, 1.165) is 17.4 Å². The minimum Gasteiger partial charge on any atom is -0.508 e. The highest BCUT2D eigenvalue weighted by molar-refractivity contribution is 9.11. The highest BCUT2D eigenvalue weighted by Crippen LogP contribution is 2.35. The number of thiophene rings is 1. The summed E-state index contributed by atoms with van der Waals surface area (Å²) >= 11 is 9.79. The first-order valence-electron chi connectivity index (χ1n) is 5.24. The molecular weight excluding hydrogens is 406 g/mol. The Labute approximate surface area is 137 Å². The van der Waals surface area contributed by atoms with Gasteiger partial charge in [0.1, 0.15) is 9.96 Å². The molecule has 2 rings (SSSR count). The minimum atomic E-state index is -3.97. The summed E-state index contributed by atoms with van der Waals surface area (Å²) in [7, 11) is -3.97. The zero-order chi connectivity index (χ0) is 15.8. The highest BCUT2D eigenvalue weighted by atomic mass is 79.9. The molecule has 6 nitrogen and oxygen atoms in total. The molecule has 2 aromatic rings. The Hall–Kier alpha value is -1.29. The van der Waals surface area contributed by atoms with E-state index >= 15 is 0 Å². The van der Waals surface area contributed by atoms with E-state index in [0.29, 0.717) is 3.79 Å². The largest absolute Gasteiger partial charge is 0.508 e. The second-order valence-corrected chi connectivity index (χ2v) is 8.51. The maximum atomic E-state index is 12.2. The number of nitrogens with one attached hydrogen (secondary N) is 1. The van der Waals surface area contributed by atoms with Crippen LogP contribution in [0.3, 0.4) is 0 Å². The van der Waals surface area contributed by atoms with Crippen molar-refractivity contribution in [2.45, 2.75) is 4.21 Å². The van der Waals surface area contributed by atoms with Gasteiger partial charge in [-0.05, 0) is 40.2 Å². The van der Waals surface area contributed by atoms with Crippen molar-refractivity contribution in [3.8, 4) is 5.75 Å². The Bertz CT molecular complexity index is 799. The molecule has 21 heavy (non-hydrogen) atoms. The van der Waals surface area contributed by atoms with Crippen molar-refractivity contribution in [3.05, 3.63) is 38.6 Å². The van der Waals surface area contributed by atoms with E-state index in [1.54, 1.807) is 0 Å². The Morgan fingerprint density at radius 1 is 1.33 bits per heavy atom. The molecule has 3 N–H and O–H groups in total. The SMILES string of the molecule is O=C(O)c1cc(O)ccc1NS(=O)(=O)c1cc(Cl)c(Br)s1. The van der Waals surface area contributed by atoms with Gasteiger partial charge in [-0.25, -0.2) is 13.2 Å². The minimum absolute atomic E-state index is 0.0659. The normalized spacial score (nSPS) is 11.3. The van der Waals surface area contributed by atoms with Gasteiger partial charge in [0.2, 0.25) is 0 Å². The van der Waals surface area contributed by atoms with E-state index in [1.165, 1.54) is 18.2 Å². The first-order valence-corrected chi connectivity index (χ1v) is 8.72. The number of carbonyl (C=O) groups is 1. The number of sulfonamides is 1. The van der Waals surface area contributed by atoms with E-state index in [1.807, 2.05) is 0 Å². The summed E-state index contributed by atoms with van der Waals surface area (Å²) in [4.78, 5) is 11.1. The number of carboxylic acid groups (broad SMARTS) is 1. The number of aromatic carboxylic acids is 1. The zero-order valence-electron chi connectivity index (χ0n) is 10.0. The second-order valence-electron chi connectivity index (χ2n) is 3.83. The molecule has 0 unspecified atom stereocenters. The van der Waals surface area contributed by atoms with Crippen molar-refractivity contribution in [1.82, 2.24) is 0 Å². The molecule has 0 bridgehead atoms. The van der Waals surface area contributed by atoms with Crippen LogP contribution in [-0.2, 0) is 10.0 Å². The van der Waals surface area contributed by atoms with Crippen LogP contribution in [0.5, 0.6) is 5.75 Å². The Balaban J connectivity index is 2.44. The first-order chi connectivity index (χ1) is 9.70. The molecule has 0 fully saturated rings. The Kier molecular flexibility index (Phi) is 4.47. The lowest BCUT2D eigenvalue weighted by Gasteiger charge is -2.09. The molecule has 0 radical (unpaired) electrons. The number of phenols is 1. The van der Waals surface area contributed by atoms with Crippen molar-refractivity contribution >= 4 is 60.5 Å². The van der Waals surface area contributed by atoms with Crippen LogP contribution >= 0.6 is 38.9 Å². The van der Waals surface area contributed by atoms with Gasteiger partial charge in [-0.3, -0.25) is 4.72 Å². The lowest BCUT2D eigenvalue weighted by molar-refractivity contribution is 0.0697. The monoisotopic (exact) mass is 411 g/mol. The van der Waals surface area contributed by atoms with E-state index in [2.05, 4.69) is 20.7 Å². The van der Waals surface area contributed by atoms with Gasteiger partial charge in [0.15, 0.2) is 0 Å². The predicted molar refractivity (Wildman–Crippen MR) is 82.9 cm³/mol. The molecule has 0 amide bonds. The van der Waals surface area contributed by atoms with E-state index in [9.17, 15) is 18.3 Å². The van der Waals surface area contributed by atoms with Gasteiger partial charge in [0.25, 0.3) is 10.0 Å². The second kappa shape index (κ2) is 5.84. The number of halogens is 2. The third kappa shape index (κ3) is 3.49. The van der Waals surface area contributed by atoms with Crippen molar-refractivity contribution in [3.63, 3.8) is 0 Å². The lowest BCUT2D eigenvalue weighted by Crippen LogP contribution is -2.14. The van der Waals surface area contributed by atoms with Gasteiger partial charge < -0.3 is 10.2 Å². The van der Waals surface area contributed by atoms with Crippen LogP contribution in [0.4, 0.5) is 5.69 Å². The summed E-state index contributed by atoms with van der Waals surface area (Å²) in [5.41, 5.74) is -0.513. The maximum Gasteiger partial charge on any atom is 0.337 e. The average Bonchev–Trinajstić information content (AvgIpc) is 2.72. The number of carboxylic acids is 1. The quantitative estimate of drug-likeness (QED) is 0.668. The number of anilines is 1. The molecule has 112 valence electrons. The fourth-order valence-electron chi connectivity index (χ4n) is 1.45. The molecule has 0 atom stereocenters. The number of rotatable bonds is 4. The number of hydrogen-bond donors (Lipinski definition) is 3. The standard InChI is InChI=1S/C11H7BrClNO5S2/c12-10-7(13)4-9(20-10)21(18,19)14-8-2-1-5(15)3-6(8)11(16)17/h1-4,14-15H,(H,16,17). The molecule has 1 heterocycles. The predicted octanol–water partition coefficient (Wildman–Crippen LogP) is 3.37. The topological polar surface area (TPSA) is 104 Å². The summed E-state index contributed by atoms with van der Waals surface area (Å²) in [6.45, 7) is 0. The zero-order valence-corrected chi connectivity index (χ0v) is 14.0. The molecule has 0 saturated carbocycles. The van der Waals surface area contributed by atoms with Crippen molar-refractivity contribution in [2.24, 2.45) is 0 Å². The van der Waals surface area contributed by atoms with E-state index in [4.69, 9.17) is 16.7 Å². The fraction of sp³-hybridized carbons (Fsp3) is 0. The van der Waals surface area contributed by atoms with Crippen LogP contribution in [-0.4, -0.2) is 24.6 Å². The van der Waals surface area contributed by atoms with Crippen molar-refractivity contribution in [1.29, 1.82) is 0 Å². The number of hydrogen-bond acceptors (Lipinski definition) is 5. The van der Waals surface area contributed by atoms with E-state index in [-0.39, 0.29) is 26.2 Å². The van der Waals surface area contributed by atoms with Crippen molar-refractivity contribution in [2.75, 3.05) is 4.72 Å². The summed E-state index contributed by atoms with van der Waals surface area (Å²) in [6, 6.07) is 4.55. The van der Waals surface area contributed by atoms with Crippen LogP contribution in [0.15, 0.2) is 32.3 Å². The van der Waals surface area contributed by atoms with Gasteiger partial charge in [-0.15, -0.1) is 11.3 Å². The first kappa shape index (κ1) is 16.1. The van der Waals surface area contributed by atoms with Gasteiger partial charge in [0.05, 0.1) is 20.1 Å². The highest BCUT2D eigenvalue weighted by Gasteiger charge is 2.22. The number of aromatic hydroxyl groups is 1. The molecular formula is C11H7BrClNO5S2. The van der Waals surface area contributed by atoms with Crippen LogP contribution < -0.4 is 4.72 Å². The fourth-order valence-corrected chi connectivity index (χ4v) is 4.93. The lowest BCUT2D eigenvalue weighted by atomic mass is 10.2. The summed E-state index contributed by atoms with van der Waals surface area (Å²) in [6.07, 6.45) is 0. The molecule has 0 spiro atoms. The molecule has 0 saturated heterocycles. The third-order valence-electron chi connectivity index (χ3n) is 2.37. The Morgan fingerprint density at radius 2 is 2.00 bits per heavy atom. The number of benzene rings is 1. The van der Waals surface area contributed by atoms with Gasteiger partial charge >= 0.3 is 5.97 Å². The van der Waals surface area contributed by atoms with Crippen molar-refractivity contribution < 1.29 is 23.4 Å². The van der Waals surface area contributed by atoms with Crippen LogP contribution in [0, 0.1) is 0 Å². The molecule has 1 aromatic carbocycles. The number of phenolic OH excluding ortho intramolecular Hbond substituents is 1. The molecule has 0 aliphatic rings. The summed E-state index contributed by atoms with van der Waals surface area (Å²) in [5.74, 6) is -1.65. The average molecular weight is 413 g/mol. The molecule has 0 aliphatic carbocycles. The molecule has 1 aromatic heterocycles. The van der Waals surface area contributed by atoms with Gasteiger partial charge in [-0.1, -0.05) is 11.6 Å². The van der Waals surface area contributed by atoms with Gasteiger partial charge in [0, 0.05) is 0 Å².